The lowest BCUT2D eigenvalue weighted by Gasteiger charge is -1.91. The van der Waals surface area contributed by atoms with Crippen LogP contribution in [0.1, 0.15) is 0 Å². The topological polar surface area (TPSA) is 12.9 Å². The summed E-state index contributed by atoms with van der Waals surface area (Å²) in [6, 6.07) is 11.0. The first-order chi connectivity index (χ1) is 4.97. The summed E-state index contributed by atoms with van der Waals surface area (Å²) in [5.41, 5.74) is 0. The summed E-state index contributed by atoms with van der Waals surface area (Å²) in [7, 11) is 0. The zero-order valence-corrected chi connectivity index (χ0v) is 5.41. The first kappa shape index (κ1) is 5.42. The van der Waals surface area contributed by atoms with Crippen molar-refractivity contribution in [2.24, 2.45) is 0 Å². The summed E-state index contributed by atoms with van der Waals surface area (Å²) < 4.78 is 0. The molecule has 0 bridgehead atoms. The van der Waals surface area contributed by atoms with Crippen molar-refractivity contribution in [3.05, 3.63) is 42.7 Å². The number of benzene rings is 1. The van der Waals surface area contributed by atoms with E-state index in [1.165, 1.54) is 0 Å². The summed E-state index contributed by atoms with van der Waals surface area (Å²) in [4.78, 5) is 3.99. The van der Waals surface area contributed by atoms with E-state index in [-0.39, 0.29) is 0 Å². The molecule has 10 heavy (non-hydrogen) atoms. The average molecular weight is 128 g/mol. The van der Waals surface area contributed by atoms with Gasteiger partial charge in [0.25, 0.3) is 0 Å². The summed E-state index contributed by atoms with van der Waals surface area (Å²) in [6.45, 7) is 0. The molecule has 0 aliphatic carbocycles. The minimum absolute atomic E-state index is 1.12. The second-order valence-corrected chi connectivity index (χ2v) is 2.13. The second kappa shape index (κ2) is 2.10. The number of rotatable bonds is 0. The van der Waals surface area contributed by atoms with Gasteiger partial charge in [0.15, 0.2) is 0 Å². The zero-order valence-electron chi connectivity index (χ0n) is 5.41. The van der Waals surface area contributed by atoms with Crippen molar-refractivity contribution >= 4 is 10.8 Å². The molecule has 47 valence electrons. The van der Waals surface area contributed by atoms with E-state index in [9.17, 15) is 0 Å². The van der Waals surface area contributed by atoms with Gasteiger partial charge in [-0.2, -0.15) is 0 Å². The third kappa shape index (κ3) is 0.760. The molecule has 0 N–H and O–H groups in total. The highest BCUT2D eigenvalue weighted by Crippen LogP contribution is 2.08. The molecule has 0 unspecified atom stereocenters. The van der Waals surface area contributed by atoms with Crippen molar-refractivity contribution in [3.63, 3.8) is 0 Å². The van der Waals surface area contributed by atoms with Crippen LogP contribution in [0, 0.1) is 6.07 Å². The van der Waals surface area contributed by atoms with Crippen LogP contribution in [0.4, 0.5) is 0 Å². The minimum Gasteiger partial charge on any atom is -0.264 e. The molecule has 0 fully saturated rings. The van der Waals surface area contributed by atoms with Gasteiger partial charge in [-0.1, -0.05) is 18.2 Å². The van der Waals surface area contributed by atoms with E-state index in [2.05, 4.69) is 11.1 Å². The molecular formula is C9H6N. The first-order valence-electron chi connectivity index (χ1n) is 3.17. The Labute approximate surface area is 59.3 Å². The van der Waals surface area contributed by atoms with Gasteiger partial charge in [-0.05, 0) is 17.5 Å². The maximum atomic E-state index is 3.99. The fourth-order valence-corrected chi connectivity index (χ4v) is 0.961. The van der Waals surface area contributed by atoms with Crippen LogP contribution in [0.15, 0.2) is 36.7 Å². The number of pyridine rings is 1. The van der Waals surface area contributed by atoms with Gasteiger partial charge in [-0.15, -0.1) is 0 Å². The molecule has 1 heterocycles. The Kier molecular flexibility index (Phi) is 1.14. The van der Waals surface area contributed by atoms with Crippen LogP contribution in [0.25, 0.3) is 10.8 Å². The Morgan fingerprint density at radius 2 is 2.30 bits per heavy atom. The van der Waals surface area contributed by atoms with E-state index in [0.29, 0.717) is 0 Å². The fraction of sp³-hybridized carbons (Fsp3) is 0. The average Bonchev–Trinajstić information content (AvgIpc) is 2.05. The number of hydrogen-bond acceptors (Lipinski definition) is 1. The van der Waals surface area contributed by atoms with Gasteiger partial charge in [0, 0.05) is 17.8 Å². The summed E-state index contributed by atoms with van der Waals surface area (Å²) >= 11 is 0. The molecule has 1 aromatic heterocycles. The maximum Gasteiger partial charge on any atom is 0.0346 e. The third-order valence-electron chi connectivity index (χ3n) is 1.46. The molecule has 0 atom stereocenters. The molecule has 1 heteroatoms. The normalized spacial score (nSPS) is 10.0. The molecule has 0 amide bonds. The molecular weight excluding hydrogens is 122 g/mol. The van der Waals surface area contributed by atoms with Gasteiger partial charge in [-0.3, -0.25) is 4.98 Å². The van der Waals surface area contributed by atoms with Crippen LogP contribution < -0.4 is 0 Å². The lowest BCUT2D eigenvalue weighted by Crippen LogP contribution is -1.72. The Balaban J connectivity index is 2.89. The van der Waals surface area contributed by atoms with Gasteiger partial charge in [0.1, 0.15) is 0 Å². The number of nitrogens with zero attached hydrogens (tertiary/aromatic N) is 1. The van der Waals surface area contributed by atoms with Crippen LogP contribution in [0.5, 0.6) is 0 Å². The summed E-state index contributed by atoms with van der Waals surface area (Å²) in [5.74, 6) is 0. The largest absolute Gasteiger partial charge is 0.264 e. The van der Waals surface area contributed by atoms with Crippen molar-refractivity contribution in [2.75, 3.05) is 0 Å². The van der Waals surface area contributed by atoms with Crippen LogP contribution in [0.3, 0.4) is 0 Å². The highest BCUT2D eigenvalue weighted by atomic mass is 14.6. The van der Waals surface area contributed by atoms with Gasteiger partial charge >= 0.3 is 0 Å². The first-order valence-corrected chi connectivity index (χ1v) is 3.17. The van der Waals surface area contributed by atoms with E-state index >= 15 is 0 Å². The summed E-state index contributed by atoms with van der Waals surface area (Å²) in [5, 5.41) is 2.27. The van der Waals surface area contributed by atoms with E-state index in [4.69, 9.17) is 0 Å². The molecule has 2 aromatic rings. The fourth-order valence-electron chi connectivity index (χ4n) is 0.961. The predicted molar refractivity (Wildman–Crippen MR) is 40.6 cm³/mol. The molecule has 2 rings (SSSR count). The van der Waals surface area contributed by atoms with Crippen LogP contribution in [-0.4, -0.2) is 4.98 Å². The van der Waals surface area contributed by atoms with Crippen molar-refractivity contribution in [2.45, 2.75) is 0 Å². The monoisotopic (exact) mass is 128 g/mol. The predicted octanol–water partition coefficient (Wildman–Crippen LogP) is 2.03. The van der Waals surface area contributed by atoms with E-state index in [1.807, 2.05) is 30.5 Å². The summed E-state index contributed by atoms with van der Waals surface area (Å²) in [6.07, 6.45) is 3.62. The molecule has 0 aliphatic heterocycles. The quantitative estimate of drug-likeness (QED) is 0.529. The van der Waals surface area contributed by atoms with Crippen LogP contribution in [-0.2, 0) is 0 Å². The molecule has 1 aromatic carbocycles. The van der Waals surface area contributed by atoms with Crippen molar-refractivity contribution in [3.8, 4) is 0 Å². The van der Waals surface area contributed by atoms with Gasteiger partial charge in [0.05, 0.1) is 0 Å². The second-order valence-electron chi connectivity index (χ2n) is 2.13. The molecule has 0 saturated carbocycles. The Hall–Kier alpha value is -1.37. The molecule has 0 aliphatic rings. The van der Waals surface area contributed by atoms with Crippen LogP contribution >= 0.6 is 0 Å². The van der Waals surface area contributed by atoms with Crippen molar-refractivity contribution in [1.82, 2.24) is 4.98 Å². The van der Waals surface area contributed by atoms with Gasteiger partial charge < -0.3 is 0 Å². The van der Waals surface area contributed by atoms with Gasteiger partial charge in [0.2, 0.25) is 0 Å². The Morgan fingerprint density at radius 1 is 1.30 bits per heavy atom. The SMILES string of the molecule is [c]1cccc2cnccc12. The molecule has 0 spiro atoms. The van der Waals surface area contributed by atoms with E-state index < -0.39 is 0 Å². The van der Waals surface area contributed by atoms with Crippen LogP contribution in [0.2, 0.25) is 0 Å². The standard InChI is InChI=1S/C9H6N/c1-2-4-9-7-10-6-5-8(9)3-1/h1-2,4-7H. The molecule has 0 saturated heterocycles. The molecule has 1 nitrogen and oxygen atoms in total. The maximum absolute atomic E-state index is 3.99. The lowest BCUT2D eigenvalue weighted by atomic mass is 10.2. The number of aromatic nitrogens is 1. The van der Waals surface area contributed by atoms with E-state index in [1.54, 1.807) is 6.20 Å². The lowest BCUT2D eigenvalue weighted by molar-refractivity contribution is 1.36. The van der Waals surface area contributed by atoms with Crippen molar-refractivity contribution < 1.29 is 0 Å². The molecule has 1 radical (unpaired) electrons. The number of hydrogen-bond donors (Lipinski definition) is 0. The third-order valence-corrected chi connectivity index (χ3v) is 1.46. The minimum atomic E-state index is 1.12. The Bertz CT molecular complexity index is 276. The Morgan fingerprint density at radius 3 is 3.20 bits per heavy atom. The number of fused-ring (bicyclic) bond motifs is 1. The van der Waals surface area contributed by atoms with Gasteiger partial charge in [-0.25, -0.2) is 0 Å². The highest BCUT2D eigenvalue weighted by Gasteiger charge is 1.86. The zero-order chi connectivity index (χ0) is 6.81. The van der Waals surface area contributed by atoms with Crippen molar-refractivity contribution in [1.29, 1.82) is 0 Å². The van der Waals surface area contributed by atoms with E-state index in [0.717, 1.165) is 10.8 Å². The highest BCUT2D eigenvalue weighted by molar-refractivity contribution is 5.80. The smallest absolute Gasteiger partial charge is 0.0346 e.